The zero-order chi connectivity index (χ0) is 16.1. The summed E-state index contributed by atoms with van der Waals surface area (Å²) in [6.45, 7) is 0.513. The Labute approximate surface area is 127 Å². The number of carboxylic acid groups (broad SMARTS) is 1. The molecular weight excluding hydrogens is 292 g/mol. The Bertz CT molecular complexity index is 562. The molecule has 0 saturated heterocycles. The summed E-state index contributed by atoms with van der Waals surface area (Å²) in [6.07, 6.45) is 2.89. The monoisotopic (exact) mass is 311 g/mol. The van der Waals surface area contributed by atoms with E-state index in [1.807, 2.05) is 0 Å². The van der Waals surface area contributed by atoms with Gasteiger partial charge in [0.25, 0.3) is 0 Å². The zero-order valence-corrected chi connectivity index (χ0v) is 12.1. The number of hydrogen-bond acceptors (Lipinski definition) is 2. The Hall–Kier alpha value is -1.98. The van der Waals surface area contributed by atoms with Crippen LogP contribution in [0.15, 0.2) is 18.2 Å². The Morgan fingerprint density at radius 1 is 1.18 bits per heavy atom. The molecule has 0 spiro atoms. The van der Waals surface area contributed by atoms with E-state index in [0.717, 1.165) is 25.0 Å². The lowest BCUT2D eigenvalue weighted by atomic mass is 10.1. The fraction of sp³-hybridized carbons (Fsp3) is 0.500. The van der Waals surface area contributed by atoms with E-state index in [1.54, 1.807) is 0 Å². The van der Waals surface area contributed by atoms with Crippen LogP contribution in [0.1, 0.15) is 43.6 Å². The van der Waals surface area contributed by atoms with E-state index in [1.165, 1.54) is 6.07 Å². The van der Waals surface area contributed by atoms with Gasteiger partial charge in [0.2, 0.25) is 5.91 Å². The summed E-state index contributed by atoms with van der Waals surface area (Å²) in [7, 11) is 0. The molecule has 2 unspecified atom stereocenters. The molecule has 1 fully saturated rings. The van der Waals surface area contributed by atoms with Crippen molar-refractivity contribution in [2.75, 3.05) is 6.54 Å². The predicted molar refractivity (Wildman–Crippen MR) is 76.3 cm³/mol. The Balaban J connectivity index is 1.67. The highest BCUT2D eigenvalue weighted by molar-refractivity contribution is 5.82. The molecule has 1 amide bonds. The van der Waals surface area contributed by atoms with Crippen LogP contribution in [-0.2, 0) is 9.59 Å². The maximum atomic E-state index is 13.2. The van der Waals surface area contributed by atoms with Crippen LogP contribution in [0.25, 0.3) is 0 Å². The Morgan fingerprint density at radius 3 is 2.64 bits per heavy atom. The van der Waals surface area contributed by atoms with Gasteiger partial charge in [0, 0.05) is 18.9 Å². The van der Waals surface area contributed by atoms with Gasteiger partial charge in [-0.25, -0.2) is 8.78 Å². The second-order valence-corrected chi connectivity index (χ2v) is 5.62. The number of aliphatic carboxylic acids is 1. The molecule has 1 saturated carbocycles. The molecule has 1 aromatic carbocycles. The van der Waals surface area contributed by atoms with E-state index in [-0.39, 0.29) is 24.2 Å². The molecule has 120 valence electrons. The van der Waals surface area contributed by atoms with Crippen LogP contribution in [0.4, 0.5) is 8.78 Å². The van der Waals surface area contributed by atoms with Gasteiger partial charge in [0.05, 0.1) is 0 Å². The van der Waals surface area contributed by atoms with Crippen LogP contribution in [0.2, 0.25) is 0 Å². The number of nitrogens with one attached hydrogen (secondary N) is 1. The van der Waals surface area contributed by atoms with Gasteiger partial charge in [-0.3, -0.25) is 9.59 Å². The maximum Gasteiger partial charge on any atom is 0.303 e. The van der Waals surface area contributed by atoms with Gasteiger partial charge in [-0.15, -0.1) is 0 Å². The number of benzene rings is 1. The standard InChI is InChI=1S/C16H19F2NO3/c17-13-6-5-10(8-14(13)18)11-9-12(11)16(22)19-7-3-1-2-4-15(20)21/h5-6,8,11-12H,1-4,7,9H2,(H,19,22)(H,20,21). The van der Waals surface area contributed by atoms with Crippen molar-refractivity contribution in [2.45, 2.75) is 38.0 Å². The van der Waals surface area contributed by atoms with Crippen molar-refractivity contribution >= 4 is 11.9 Å². The number of carbonyl (C=O) groups is 2. The molecule has 0 bridgehead atoms. The first-order chi connectivity index (χ1) is 10.5. The molecule has 2 atom stereocenters. The molecule has 1 aliphatic carbocycles. The largest absolute Gasteiger partial charge is 0.481 e. The number of rotatable bonds is 8. The molecule has 0 aliphatic heterocycles. The summed E-state index contributed by atoms with van der Waals surface area (Å²) >= 11 is 0. The van der Waals surface area contributed by atoms with Gasteiger partial charge < -0.3 is 10.4 Å². The minimum Gasteiger partial charge on any atom is -0.481 e. The molecule has 2 N–H and O–H groups in total. The minimum atomic E-state index is -0.887. The molecule has 1 aliphatic rings. The van der Waals surface area contributed by atoms with Crippen molar-refractivity contribution in [1.29, 1.82) is 0 Å². The topological polar surface area (TPSA) is 66.4 Å². The lowest BCUT2D eigenvalue weighted by molar-refractivity contribution is -0.137. The third kappa shape index (κ3) is 4.51. The van der Waals surface area contributed by atoms with Crippen LogP contribution >= 0.6 is 0 Å². The van der Waals surface area contributed by atoms with Gasteiger partial charge >= 0.3 is 5.97 Å². The van der Waals surface area contributed by atoms with Crippen LogP contribution in [0, 0.1) is 17.6 Å². The summed E-state index contributed by atoms with van der Waals surface area (Å²) in [4.78, 5) is 22.2. The summed E-state index contributed by atoms with van der Waals surface area (Å²) in [5.74, 6) is -2.87. The molecule has 0 aromatic heterocycles. The van der Waals surface area contributed by atoms with Crippen molar-refractivity contribution < 1.29 is 23.5 Å². The van der Waals surface area contributed by atoms with Crippen molar-refractivity contribution in [2.24, 2.45) is 5.92 Å². The van der Waals surface area contributed by atoms with E-state index < -0.39 is 17.6 Å². The first-order valence-corrected chi connectivity index (χ1v) is 7.43. The summed E-state index contributed by atoms with van der Waals surface area (Å²) in [6, 6.07) is 3.75. The Kier molecular flexibility index (Phi) is 5.46. The van der Waals surface area contributed by atoms with Gasteiger partial charge in [0.15, 0.2) is 11.6 Å². The number of carbonyl (C=O) groups excluding carboxylic acids is 1. The average molecular weight is 311 g/mol. The van der Waals surface area contributed by atoms with Gasteiger partial charge in [0.1, 0.15) is 0 Å². The van der Waals surface area contributed by atoms with Crippen LogP contribution in [0.3, 0.4) is 0 Å². The summed E-state index contributed by atoms with van der Waals surface area (Å²) in [5.41, 5.74) is 0.653. The first kappa shape index (κ1) is 16.4. The van der Waals surface area contributed by atoms with E-state index in [4.69, 9.17) is 5.11 Å². The number of halogens is 2. The SMILES string of the molecule is O=C(O)CCCCCNC(=O)C1CC1c1ccc(F)c(F)c1. The van der Waals surface area contributed by atoms with Crippen molar-refractivity contribution in [3.05, 3.63) is 35.4 Å². The molecule has 6 heteroatoms. The van der Waals surface area contributed by atoms with E-state index in [9.17, 15) is 18.4 Å². The van der Waals surface area contributed by atoms with Crippen LogP contribution in [0.5, 0.6) is 0 Å². The second kappa shape index (κ2) is 7.33. The molecule has 1 aromatic rings. The predicted octanol–water partition coefficient (Wildman–Crippen LogP) is 2.83. The zero-order valence-electron chi connectivity index (χ0n) is 12.1. The fourth-order valence-corrected chi connectivity index (χ4v) is 2.52. The molecule has 4 nitrogen and oxygen atoms in total. The highest BCUT2D eigenvalue weighted by Gasteiger charge is 2.43. The molecule has 0 radical (unpaired) electrons. The lowest BCUT2D eigenvalue weighted by Gasteiger charge is -2.05. The van der Waals surface area contributed by atoms with E-state index in [0.29, 0.717) is 24.9 Å². The van der Waals surface area contributed by atoms with Crippen molar-refractivity contribution in [3.8, 4) is 0 Å². The first-order valence-electron chi connectivity index (χ1n) is 7.43. The minimum absolute atomic E-state index is 0.0397. The number of unbranched alkanes of at least 4 members (excludes halogenated alkanes) is 2. The highest BCUT2D eigenvalue weighted by atomic mass is 19.2. The van der Waals surface area contributed by atoms with E-state index >= 15 is 0 Å². The average Bonchev–Trinajstić information content (AvgIpc) is 3.25. The quantitative estimate of drug-likeness (QED) is 0.726. The fourth-order valence-electron chi connectivity index (χ4n) is 2.52. The van der Waals surface area contributed by atoms with E-state index in [2.05, 4.69) is 5.32 Å². The number of amides is 1. The summed E-state index contributed by atoms with van der Waals surface area (Å²) in [5, 5.41) is 11.3. The second-order valence-electron chi connectivity index (χ2n) is 5.62. The van der Waals surface area contributed by atoms with Crippen LogP contribution in [-0.4, -0.2) is 23.5 Å². The van der Waals surface area contributed by atoms with Crippen LogP contribution < -0.4 is 5.32 Å². The van der Waals surface area contributed by atoms with Gasteiger partial charge in [-0.2, -0.15) is 0 Å². The molecule has 22 heavy (non-hydrogen) atoms. The molecular formula is C16H19F2NO3. The van der Waals surface area contributed by atoms with Gasteiger partial charge in [-0.05, 0) is 42.9 Å². The number of hydrogen-bond donors (Lipinski definition) is 2. The highest BCUT2D eigenvalue weighted by Crippen LogP contribution is 2.47. The molecule has 2 rings (SSSR count). The van der Waals surface area contributed by atoms with Gasteiger partial charge in [-0.1, -0.05) is 12.5 Å². The van der Waals surface area contributed by atoms with Crippen molar-refractivity contribution in [1.82, 2.24) is 5.32 Å². The third-order valence-electron chi connectivity index (χ3n) is 3.87. The summed E-state index contributed by atoms with van der Waals surface area (Å²) < 4.78 is 26.0. The van der Waals surface area contributed by atoms with Crippen molar-refractivity contribution in [3.63, 3.8) is 0 Å². The maximum absolute atomic E-state index is 13.2. The lowest BCUT2D eigenvalue weighted by Crippen LogP contribution is -2.26. The normalized spacial score (nSPS) is 19.7. The third-order valence-corrected chi connectivity index (χ3v) is 3.87. The molecule has 0 heterocycles. The Morgan fingerprint density at radius 2 is 1.95 bits per heavy atom. The smallest absolute Gasteiger partial charge is 0.303 e. The number of carboxylic acids is 1.